The summed E-state index contributed by atoms with van der Waals surface area (Å²) in [5, 5.41) is 1.63. The first-order chi connectivity index (χ1) is 11.0. The van der Waals surface area contributed by atoms with Crippen molar-refractivity contribution in [3.05, 3.63) is 69.4 Å². The quantitative estimate of drug-likeness (QED) is 0.489. The van der Waals surface area contributed by atoms with Gasteiger partial charge in [-0.1, -0.05) is 23.8 Å². The van der Waals surface area contributed by atoms with E-state index in [0.29, 0.717) is 22.5 Å². The highest BCUT2D eigenvalue weighted by Gasteiger charge is 2.16. The van der Waals surface area contributed by atoms with Crippen LogP contribution in [0.1, 0.15) is 16.7 Å². The molecule has 0 spiro atoms. The fraction of sp³-hybridized carbons (Fsp3) is 0.150. The topological polar surface area (TPSA) is 43.4 Å². The van der Waals surface area contributed by atoms with Crippen LogP contribution in [0.4, 0.5) is 0 Å². The Morgan fingerprint density at radius 2 is 1.48 bits per heavy atom. The third-order valence-electron chi connectivity index (χ3n) is 4.20. The van der Waals surface area contributed by atoms with Crippen molar-refractivity contribution in [3.63, 3.8) is 0 Å². The van der Waals surface area contributed by atoms with Crippen molar-refractivity contribution in [2.75, 3.05) is 0 Å². The molecule has 0 aliphatic carbocycles. The highest BCUT2D eigenvalue weighted by molar-refractivity contribution is 5.88. The molecule has 0 saturated carbocycles. The minimum absolute atomic E-state index is 0.0546. The van der Waals surface area contributed by atoms with E-state index in [1.165, 1.54) is 6.07 Å². The van der Waals surface area contributed by atoms with Crippen molar-refractivity contribution in [2.45, 2.75) is 20.8 Å². The van der Waals surface area contributed by atoms with E-state index in [1.54, 1.807) is 0 Å². The summed E-state index contributed by atoms with van der Waals surface area (Å²) in [5.74, 6) is 1.09. The highest BCUT2D eigenvalue weighted by atomic mass is 16.4. The Labute approximate surface area is 133 Å². The molecule has 0 saturated heterocycles. The van der Waals surface area contributed by atoms with Gasteiger partial charge in [-0.3, -0.25) is 4.79 Å². The second-order valence-electron chi connectivity index (χ2n) is 6.03. The summed E-state index contributed by atoms with van der Waals surface area (Å²) in [4.78, 5) is 12.4. The van der Waals surface area contributed by atoms with Gasteiger partial charge in [0.05, 0.1) is 5.39 Å². The number of hydrogen-bond donors (Lipinski definition) is 0. The van der Waals surface area contributed by atoms with E-state index < -0.39 is 0 Å². The maximum Gasteiger partial charge on any atom is 0.193 e. The maximum atomic E-state index is 12.4. The minimum Gasteiger partial charge on any atom is -0.453 e. The van der Waals surface area contributed by atoms with Crippen LogP contribution in [0.15, 0.2) is 56.1 Å². The van der Waals surface area contributed by atoms with Gasteiger partial charge < -0.3 is 8.83 Å². The zero-order valence-corrected chi connectivity index (χ0v) is 13.3. The average Bonchev–Trinajstić information content (AvgIpc) is 2.84. The van der Waals surface area contributed by atoms with Crippen molar-refractivity contribution in [1.82, 2.24) is 0 Å². The molecule has 23 heavy (non-hydrogen) atoms. The van der Waals surface area contributed by atoms with Crippen LogP contribution >= 0.6 is 0 Å². The lowest BCUT2D eigenvalue weighted by atomic mass is 10.1. The molecule has 3 heteroatoms. The predicted octanol–water partition coefficient (Wildman–Crippen LogP) is 5.13. The van der Waals surface area contributed by atoms with Gasteiger partial charge in [0.25, 0.3) is 0 Å². The van der Waals surface area contributed by atoms with E-state index in [9.17, 15) is 4.79 Å². The molecule has 0 fully saturated rings. The SMILES string of the molecule is Cc1ccc2c(C)c(-c3cc(=O)c4cc(C)ccc4o3)oc2c1. The van der Waals surface area contributed by atoms with Gasteiger partial charge in [-0.2, -0.15) is 0 Å². The van der Waals surface area contributed by atoms with Gasteiger partial charge in [0.15, 0.2) is 16.9 Å². The normalized spacial score (nSPS) is 11.4. The highest BCUT2D eigenvalue weighted by Crippen LogP contribution is 2.34. The Morgan fingerprint density at radius 3 is 2.30 bits per heavy atom. The number of benzene rings is 2. The molecule has 0 radical (unpaired) electrons. The number of furan rings is 1. The predicted molar refractivity (Wildman–Crippen MR) is 91.9 cm³/mol. The summed E-state index contributed by atoms with van der Waals surface area (Å²) in [5.41, 5.74) is 4.48. The zero-order chi connectivity index (χ0) is 16.1. The van der Waals surface area contributed by atoms with Crippen LogP contribution in [0.25, 0.3) is 33.5 Å². The van der Waals surface area contributed by atoms with E-state index in [-0.39, 0.29) is 5.43 Å². The van der Waals surface area contributed by atoms with Crippen molar-refractivity contribution in [3.8, 4) is 11.5 Å². The molecule has 0 amide bonds. The maximum absolute atomic E-state index is 12.4. The number of fused-ring (bicyclic) bond motifs is 2. The van der Waals surface area contributed by atoms with Gasteiger partial charge in [0.2, 0.25) is 0 Å². The summed E-state index contributed by atoms with van der Waals surface area (Å²) in [6.45, 7) is 5.96. The van der Waals surface area contributed by atoms with E-state index in [4.69, 9.17) is 8.83 Å². The molecular formula is C20H16O3. The van der Waals surface area contributed by atoms with E-state index >= 15 is 0 Å². The summed E-state index contributed by atoms with van der Waals surface area (Å²) < 4.78 is 11.9. The van der Waals surface area contributed by atoms with Gasteiger partial charge in [-0.15, -0.1) is 0 Å². The van der Waals surface area contributed by atoms with Crippen molar-refractivity contribution < 1.29 is 8.83 Å². The second kappa shape index (κ2) is 4.85. The van der Waals surface area contributed by atoms with Crippen LogP contribution in [-0.2, 0) is 0 Å². The lowest BCUT2D eigenvalue weighted by molar-refractivity contribution is 0.560. The van der Waals surface area contributed by atoms with Gasteiger partial charge in [-0.05, 0) is 44.5 Å². The number of hydrogen-bond acceptors (Lipinski definition) is 3. The van der Waals surface area contributed by atoms with Crippen LogP contribution in [0.2, 0.25) is 0 Å². The van der Waals surface area contributed by atoms with Crippen LogP contribution < -0.4 is 5.43 Å². The largest absolute Gasteiger partial charge is 0.453 e. The van der Waals surface area contributed by atoms with E-state index in [0.717, 1.165) is 27.7 Å². The lowest BCUT2D eigenvalue weighted by Gasteiger charge is -2.02. The molecule has 4 aromatic rings. The fourth-order valence-electron chi connectivity index (χ4n) is 2.95. The van der Waals surface area contributed by atoms with Crippen LogP contribution in [0, 0.1) is 20.8 Å². The first-order valence-corrected chi connectivity index (χ1v) is 7.57. The van der Waals surface area contributed by atoms with Crippen molar-refractivity contribution in [2.24, 2.45) is 0 Å². The Morgan fingerprint density at radius 1 is 0.739 bits per heavy atom. The van der Waals surface area contributed by atoms with Crippen LogP contribution in [-0.4, -0.2) is 0 Å². The molecular weight excluding hydrogens is 288 g/mol. The second-order valence-corrected chi connectivity index (χ2v) is 6.03. The molecule has 2 aromatic heterocycles. The first kappa shape index (κ1) is 13.8. The summed E-state index contributed by atoms with van der Waals surface area (Å²) in [6.07, 6.45) is 0. The molecule has 2 aromatic carbocycles. The lowest BCUT2D eigenvalue weighted by Crippen LogP contribution is -2.00. The molecule has 114 valence electrons. The molecule has 0 aliphatic heterocycles. The van der Waals surface area contributed by atoms with Gasteiger partial charge >= 0.3 is 0 Å². The van der Waals surface area contributed by atoms with Gasteiger partial charge in [0, 0.05) is 17.0 Å². The molecule has 0 aliphatic rings. The summed E-state index contributed by atoms with van der Waals surface area (Å²) >= 11 is 0. The van der Waals surface area contributed by atoms with Crippen molar-refractivity contribution >= 4 is 21.9 Å². The minimum atomic E-state index is -0.0546. The number of aryl methyl sites for hydroxylation is 3. The average molecular weight is 304 g/mol. The van der Waals surface area contributed by atoms with E-state index in [2.05, 4.69) is 0 Å². The monoisotopic (exact) mass is 304 g/mol. The first-order valence-electron chi connectivity index (χ1n) is 7.57. The molecule has 4 rings (SSSR count). The molecule has 0 bridgehead atoms. The van der Waals surface area contributed by atoms with Gasteiger partial charge in [0.1, 0.15) is 11.2 Å². The third kappa shape index (κ3) is 2.16. The molecule has 0 unspecified atom stereocenters. The molecule has 3 nitrogen and oxygen atoms in total. The van der Waals surface area contributed by atoms with Crippen LogP contribution in [0.5, 0.6) is 0 Å². The van der Waals surface area contributed by atoms with Crippen molar-refractivity contribution in [1.29, 1.82) is 0 Å². The zero-order valence-electron chi connectivity index (χ0n) is 13.3. The smallest absolute Gasteiger partial charge is 0.193 e. The third-order valence-corrected chi connectivity index (χ3v) is 4.20. The Balaban J connectivity index is 2.01. The summed E-state index contributed by atoms with van der Waals surface area (Å²) in [7, 11) is 0. The van der Waals surface area contributed by atoms with Crippen LogP contribution in [0.3, 0.4) is 0 Å². The molecule has 0 atom stereocenters. The molecule has 2 heterocycles. The number of rotatable bonds is 1. The van der Waals surface area contributed by atoms with E-state index in [1.807, 2.05) is 57.2 Å². The molecule has 0 N–H and O–H groups in total. The summed E-state index contributed by atoms with van der Waals surface area (Å²) in [6, 6.07) is 13.2. The standard InChI is InChI=1S/C20H16O3/c1-11-5-7-17-15(8-11)16(21)10-19(22-17)20-13(3)14-6-4-12(2)9-18(14)23-20/h4-10H,1-3H3. The fourth-order valence-corrected chi connectivity index (χ4v) is 2.95. The Bertz CT molecular complexity index is 1110. The Kier molecular flexibility index (Phi) is 2.91. The Hall–Kier alpha value is -2.81. The van der Waals surface area contributed by atoms with Gasteiger partial charge in [-0.25, -0.2) is 0 Å².